The van der Waals surface area contributed by atoms with Crippen molar-refractivity contribution in [3.05, 3.63) is 210 Å². The van der Waals surface area contributed by atoms with Crippen molar-refractivity contribution in [3.63, 3.8) is 0 Å². The third kappa shape index (κ3) is 4.81. The summed E-state index contributed by atoms with van der Waals surface area (Å²) in [6.07, 6.45) is 0. The molecule has 11 aromatic rings. The van der Waals surface area contributed by atoms with Gasteiger partial charge in [0, 0.05) is 44.2 Å². The Morgan fingerprint density at radius 2 is 0.855 bits per heavy atom. The lowest BCUT2D eigenvalue weighted by molar-refractivity contribution is 0.653. The number of anilines is 3. The Hall–Kier alpha value is -7.42. The second-order valence-corrected chi connectivity index (χ2v) is 18.5. The molecule has 0 N–H and O–H groups in total. The first-order chi connectivity index (χ1) is 30.3. The van der Waals surface area contributed by atoms with E-state index in [2.05, 4.69) is 221 Å². The maximum atomic E-state index is 6.74. The maximum Gasteiger partial charge on any atom is 0.143 e. The molecule has 1 aromatic heterocycles. The SMILES string of the molecule is CC1(C)c2ccccc2-c2ccc(-c3ccc(N(c4ccc5c(c4)-c4c(ccc6c4oc4ccccc46)C5(C)C)c4ccc5c6ccccc6c6ccccc6c5c4)cc3)cc21. The fourth-order valence-corrected chi connectivity index (χ4v) is 11.3. The molecule has 294 valence electrons. The molecule has 0 amide bonds. The smallest absolute Gasteiger partial charge is 0.143 e. The van der Waals surface area contributed by atoms with E-state index in [0.29, 0.717) is 0 Å². The molecule has 2 nitrogen and oxygen atoms in total. The van der Waals surface area contributed by atoms with E-state index in [4.69, 9.17) is 4.42 Å². The molecule has 0 radical (unpaired) electrons. The first-order valence-corrected chi connectivity index (χ1v) is 21.8. The molecule has 0 saturated heterocycles. The summed E-state index contributed by atoms with van der Waals surface area (Å²) in [7, 11) is 0. The van der Waals surface area contributed by atoms with E-state index in [1.807, 2.05) is 0 Å². The van der Waals surface area contributed by atoms with Crippen LogP contribution in [0.1, 0.15) is 49.9 Å². The van der Waals surface area contributed by atoms with Gasteiger partial charge in [-0.05, 0) is 131 Å². The molecule has 13 rings (SSSR count). The Bertz CT molecular complexity index is 3660. The summed E-state index contributed by atoms with van der Waals surface area (Å²) < 4.78 is 6.74. The van der Waals surface area contributed by atoms with Gasteiger partial charge in [0.1, 0.15) is 11.2 Å². The summed E-state index contributed by atoms with van der Waals surface area (Å²) in [5, 5.41) is 9.92. The third-order valence-electron chi connectivity index (χ3n) is 14.5. The first kappa shape index (κ1) is 35.3. The Morgan fingerprint density at radius 1 is 0.339 bits per heavy atom. The molecule has 62 heavy (non-hydrogen) atoms. The molecule has 0 unspecified atom stereocenters. The van der Waals surface area contributed by atoms with Gasteiger partial charge in [-0.1, -0.05) is 167 Å². The highest BCUT2D eigenvalue weighted by atomic mass is 16.3. The number of fused-ring (bicyclic) bond motifs is 16. The fourth-order valence-electron chi connectivity index (χ4n) is 11.3. The number of hydrogen-bond acceptors (Lipinski definition) is 2. The lowest BCUT2D eigenvalue weighted by Crippen LogP contribution is -2.15. The van der Waals surface area contributed by atoms with Gasteiger partial charge >= 0.3 is 0 Å². The minimum Gasteiger partial charge on any atom is -0.455 e. The number of furan rings is 1. The van der Waals surface area contributed by atoms with Gasteiger partial charge in [0.25, 0.3) is 0 Å². The molecule has 0 aliphatic heterocycles. The summed E-state index contributed by atoms with van der Waals surface area (Å²) in [5.74, 6) is 0. The van der Waals surface area contributed by atoms with Gasteiger partial charge < -0.3 is 9.32 Å². The van der Waals surface area contributed by atoms with E-state index in [1.165, 1.54) is 88.0 Å². The van der Waals surface area contributed by atoms with Crippen LogP contribution in [-0.2, 0) is 10.8 Å². The lowest BCUT2D eigenvalue weighted by Gasteiger charge is -2.28. The monoisotopic (exact) mass is 793 g/mol. The molecule has 0 atom stereocenters. The summed E-state index contributed by atoms with van der Waals surface area (Å²) in [6, 6.07) is 69.9. The van der Waals surface area contributed by atoms with E-state index in [9.17, 15) is 0 Å². The zero-order valence-corrected chi connectivity index (χ0v) is 35.3. The Morgan fingerprint density at radius 3 is 1.61 bits per heavy atom. The molecule has 0 saturated carbocycles. The van der Waals surface area contributed by atoms with Gasteiger partial charge in [0.2, 0.25) is 0 Å². The van der Waals surface area contributed by atoms with Gasteiger partial charge in [-0.3, -0.25) is 0 Å². The summed E-state index contributed by atoms with van der Waals surface area (Å²) >= 11 is 0. The summed E-state index contributed by atoms with van der Waals surface area (Å²) in [4.78, 5) is 2.44. The third-order valence-corrected chi connectivity index (χ3v) is 14.5. The quantitative estimate of drug-likeness (QED) is 0.165. The van der Waals surface area contributed by atoms with E-state index >= 15 is 0 Å². The van der Waals surface area contributed by atoms with Crippen molar-refractivity contribution < 1.29 is 4.42 Å². The van der Waals surface area contributed by atoms with E-state index in [0.717, 1.165) is 39.0 Å². The highest BCUT2D eigenvalue weighted by Crippen LogP contribution is 2.55. The highest BCUT2D eigenvalue weighted by molar-refractivity contribution is 6.26. The first-order valence-electron chi connectivity index (χ1n) is 21.8. The zero-order valence-electron chi connectivity index (χ0n) is 35.3. The van der Waals surface area contributed by atoms with Crippen molar-refractivity contribution in [2.24, 2.45) is 0 Å². The normalized spacial score (nSPS) is 14.4. The van der Waals surface area contributed by atoms with Gasteiger partial charge in [-0.2, -0.15) is 0 Å². The van der Waals surface area contributed by atoms with E-state index in [1.54, 1.807) is 0 Å². The topological polar surface area (TPSA) is 16.4 Å². The molecular formula is C60H43NO. The van der Waals surface area contributed by atoms with Crippen molar-refractivity contribution in [1.29, 1.82) is 0 Å². The molecule has 2 heteroatoms. The van der Waals surface area contributed by atoms with E-state index < -0.39 is 0 Å². The second kappa shape index (κ2) is 12.6. The number of rotatable bonds is 4. The van der Waals surface area contributed by atoms with Crippen LogP contribution < -0.4 is 4.90 Å². The summed E-state index contributed by atoms with van der Waals surface area (Å²) in [6.45, 7) is 9.40. The molecule has 2 aliphatic rings. The van der Waals surface area contributed by atoms with Gasteiger partial charge in [0.05, 0.1) is 0 Å². The predicted octanol–water partition coefficient (Wildman–Crippen LogP) is 16.8. The molecule has 0 spiro atoms. The van der Waals surface area contributed by atoms with Crippen LogP contribution in [0, 0.1) is 0 Å². The van der Waals surface area contributed by atoms with Crippen LogP contribution in [0.2, 0.25) is 0 Å². The Balaban J connectivity index is 1.01. The van der Waals surface area contributed by atoms with Crippen LogP contribution >= 0.6 is 0 Å². The van der Waals surface area contributed by atoms with Gasteiger partial charge in [-0.15, -0.1) is 0 Å². The van der Waals surface area contributed by atoms with Crippen LogP contribution in [0.4, 0.5) is 17.1 Å². The predicted molar refractivity (Wildman–Crippen MR) is 261 cm³/mol. The second-order valence-electron chi connectivity index (χ2n) is 18.5. The van der Waals surface area contributed by atoms with Crippen molar-refractivity contribution in [1.82, 2.24) is 0 Å². The summed E-state index contributed by atoms with van der Waals surface area (Å²) in [5.41, 5.74) is 17.9. The minimum absolute atomic E-state index is 0.0566. The highest BCUT2D eigenvalue weighted by Gasteiger charge is 2.39. The van der Waals surface area contributed by atoms with Crippen LogP contribution in [0.3, 0.4) is 0 Å². The molecule has 10 aromatic carbocycles. The Labute approximate surface area is 361 Å². The standard InChI is InChI=1S/C60H43NO/c1-59(2)53-31-27-40(35-51(53)57-54(59)32-30-49-48-18-10-12-20-56(48)62-58(49)57)61(39-26-29-45-43-15-6-5-13-41(43)42-14-7-8-16-44(42)50(45)34-39)38-24-21-36(22-25-38)37-23-28-47-46-17-9-11-19-52(46)60(3,4)55(47)33-37/h5-35H,1-4H3. The van der Waals surface area contributed by atoms with Crippen molar-refractivity contribution >= 4 is 71.3 Å². The van der Waals surface area contributed by atoms with Gasteiger partial charge in [-0.25, -0.2) is 0 Å². The van der Waals surface area contributed by atoms with Crippen molar-refractivity contribution in [2.75, 3.05) is 4.90 Å². The maximum absolute atomic E-state index is 6.74. The van der Waals surface area contributed by atoms with Crippen LogP contribution in [0.25, 0.3) is 87.6 Å². The fraction of sp³-hybridized carbons (Fsp3) is 0.100. The van der Waals surface area contributed by atoms with Crippen molar-refractivity contribution in [2.45, 2.75) is 38.5 Å². The molecular weight excluding hydrogens is 751 g/mol. The molecule has 2 aliphatic carbocycles. The van der Waals surface area contributed by atoms with Crippen LogP contribution in [0.15, 0.2) is 192 Å². The average molecular weight is 794 g/mol. The molecule has 0 bridgehead atoms. The molecule has 1 heterocycles. The van der Waals surface area contributed by atoms with Gasteiger partial charge in [0.15, 0.2) is 0 Å². The van der Waals surface area contributed by atoms with E-state index in [-0.39, 0.29) is 10.8 Å². The number of hydrogen-bond donors (Lipinski definition) is 0. The van der Waals surface area contributed by atoms with Crippen LogP contribution in [0.5, 0.6) is 0 Å². The number of nitrogens with zero attached hydrogens (tertiary/aromatic N) is 1. The largest absolute Gasteiger partial charge is 0.455 e. The zero-order chi connectivity index (χ0) is 41.5. The van der Waals surface area contributed by atoms with Crippen LogP contribution in [-0.4, -0.2) is 0 Å². The number of benzene rings is 10. The molecule has 0 fully saturated rings. The Kier molecular flexibility index (Phi) is 7.16. The minimum atomic E-state index is -0.183. The van der Waals surface area contributed by atoms with Crippen molar-refractivity contribution in [3.8, 4) is 33.4 Å². The number of para-hydroxylation sites is 1. The average Bonchev–Trinajstić information content (AvgIpc) is 3.89. The lowest BCUT2D eigenvalue weighted by atomic mass is 9.81.